The fourth-order valence-corrected chi connectivity index (χ4v) is 3.81. The lowest BCUT2D eigenvalue weighted by Gasteiger charge is -2.37. The van der Waals surface area contributed by atoms with Gasteiger partial charge in [0.1, 0.15) is 5.82 Å². The van der Waals surface area contributed by atoms with Gasteiger partial charge in [0.05, 0.1) is 5.92 Å². The second-order valence-electron chi connectivity index (χ2n) is 8.19. The van der Waals surface area contributed by atoms with Crippen molar-refractivity contribution in [1.29, 1.82) is 0 Å². The molecule has 3 rings (SSSR count). The number of hydrogen-bond acceptors (Lipinski definition) is 5. The van der Waals surface area contributed by atoms with Crippen molar-refractivity contribution in [1.82, 2.24) is 20.4 Å². The van der Waals surface area contributed by atoms with E-state index in [9.17, 15) is 14.0 Å². The van der Waals surface area contributed by atoms with Gasteiger partial charge in [-0.25, -0.2) is 4.39 Å². The maximum absolute atomic E-state index is 13.0. The smallest absolute Gasteiger partial charge is 0.226 e. The van der Waals surface area contributed by atoms with Crippen molar-refractivity contribution in [3.05, 3.63) is 36.0 Å². The molecule has 0 radical (unpaired) electrons. The Bertz CT molecular complexity index is 868. The molecule has 1 fully saturated rings. The summed E-state index contributed by atoms with van der Waals surface area (Å²) in [6.07, 6.45) is 5.10. The number of carbonyl (C=O) groups excluding carboxylic acids is 2. The summed E-state index contributed by atoms with van der Waals surface area (Å²) in [5, 5.41) is 6.91. The van der Waals surface area contributed by atoms with E-state index < -0.39 is 0 Å². The molecule has 0 saturated carbocycles. The molecule has 1 aromatic carbocycles. The number of rotatable bonds is 9. The highest BCUT2D eigenvalue weighted by molar-refractivity contribution is 5.81. The van der Waals surface area contributed by atoms with Gasteiger partial charge in [0, 0.05) is 37.5 Å². The van der Waals surface area contributed by atoms with E-state index in [2.05, 4.69) is 22.4 Å². The van der Waals surface area contributed by atoms with Crippen molar-refractivity contribution < 1.29 is 18.5 Å². The molecule has 1 N–H and O–H groups in total. The number of likely N-dealkylation sites (tertiary alicyclic amines) is 1. The molecular weight excluding hydrogens is 399 g/mol. The summed E-state index contributed by atoms with van der Waals surface area (Å²) in [5.74, 6) is 0.508. The van der Waals surface area contributed by atoms with Gasteiger partial charge in [0.2, 0.25) is 23.5 Å². The normalized spacial score (nSPS) is 18.7. The summed E-state index contributed by atoms with van der Waals surface area (Å²) in [6.45, 7) is 5.30. The Kier molecular flexibility index (Phi) is 8.14. The fraction of sp³-hybridized carbons (Fsp3) is 0.565. The second-order valence-corrected chi connectivity index (χ2v) is 8.19. The second kappa shape index (κ2) is 11.0. The number of amides is 2. The number of piperidine rings is 1. The highest BCUT2D eigenvalue weighted by Crippen LogP contribution is 2.23. The van der Waals surface area contributed by atoms with Gasteiger partial charge < -0.3 is 14.7 Å². The lowest BCUT2D eigenvalue weighted by atomic mass is 9.92. The number of nitrogens with one attached hydrogen (secondary N) is 1. The SMILES string of the molecule is CCCCNC(=O)C1CCC(C)N(C(=O)CCCc2nc(-c3ccc(F)cc3)no2)C1. The molecule has 2 unspecified atom stereocenters. The van der Waals surface area contributed by atoms with Gasteiger partial charge in [-0.15, -0.1) is 0 Å². The summed E-state index contributed by atoms with van der Waals surface area (Å²) >= 11 is 0. The van der Waals surface area contributed by atoms with Crippen LogP contribution in [0.4, 0.5) is 4.39 Å². The largest absolute Gasteiger partial charge is 0.356 e. The molecule has 2 aromatic rings. The van der Waals surface area contributed by atoms with Crippen molar-refractivity contribution >= 4 is 11.8 Å². The summed E-state index contributed by atoms with van der Waals surface area (Å²) < 4.78 is 18.3. The molecule has 0 bridgehead atoms. The number of nitrogens with zero attached hydrogens (tertiary/aromatic N) is 3. The predicted molar refractivity (Wildman–Crippen MR) is 114 cm³/mol. The van der Waals surface area contributed by atoms with Crippen LogP contribution >= 0.6 is 0 Å². The van der Waals surface area contributed by atoms with E-state index in [0.29, 0.717) is 49.6 Å². The number of unbranched alkanes of at least 4 members (excludes halogenated alkanes) is 1. The average molecular weight is 431 g/mol. The van der Waals surface area contributed by atoms with E-state index in [4.69, 9.17) is 4.52 Å². The first-order valence-corrected chi connectivity index (χ1v) is 11.1. The number of aromatic nitrogens is 2. The van der Waals surface area contributed by atoms with Gasteiger partial charge in [-0.1, -0.05) is 18.5 Å². The first-order chi connectivity index (χ1) is 15.0. The molecule has 0 spiro atoms. The number of aryl methyl sites for hydroxylation is 1. The zero-order valence-corrected chi connectivity index (χ0v) is 18.3. The predicted octanol–water partition coefficient (Wildman–Crippen LogP) is 3.74. The first-order valence-electron chi connectivity index (χ1n) is 11.1. The number of hydrogen-bond donors (Lipinski definition) is 1. The molecule has 2 heterocycles. The van der Waals surface area contributed by atoms with E-state index in [0.717, 1.165) is 25.7 Å². The molecule has 1 aliphatic rings. The van der Waals surface area contributed by atoms with Gasteiger partial charge in [0.25, 0.3) is 0 Å². The highest BCUT2D eigenvalue weighted by Gasteiger charge is 2.32. The van der Waals surface area contributed by atoms with Gasteiger partial charge >= 0.3 is 0 Å². The maximum Gasteiger partial charge on any atom is 0.226 e. The van der Waals surface area contributed by atoms with Gasteiger partial charge in [0.15, 0.2) is 0 Å². The molecular formula is C23H31FN4O3. The third kappa shape index (κ3) is 6.35. The Morgan fingerprint density at radius 2 is 2.00 bits per heavy atom. The zero-order valence-electron chi connectivity index (χ0n) is 18.3. The standard InChI is InChI=1S/C23H31FN4O3/c1-3-4-14-25-23(30)18-9-8-16(2)28(15-18)21(29)7-5-6-20-26-22(27-31-20)17-10-12-19(24)13-11-17/h10-13,16,18H,3-9,14-15H2,1-2H3,(H,25,30). The van der Waals surface area contributed by atoms with E-state index in [1.807, 2.05) is 11.8 Å². The first kappa shape index (κ1) is 22.9. The summed E-state index contributed by atoms with van der Waals surface area (Å²) in [4.78, 5) is 31.3. The van der Waals surface area contributed by atoms with E-state index in [1.54, 1.807) is 12.1 Å². The lowest BCUT2D eigenvalue weighted by Crippen LogP contribution is -2.49. The summed E-state index contributed by atoms with van der Waals surface area (Å²) in [7, 11) is 0. The fourth-order valence-electron chi connectivity index (χ4n) is 3.81. The van der Waals surface area contributed by atoms with Crippen molar-refractivity contribution in [3.8, 4) is 11.4 Å². The third-order valence-electron chi connectivity index (χ3n) is 5.75. The molecule has 1 aromatic heterocycles. The molecule has 7 nitrogen and oxygen atoms in total. The van der Waals surface area contributed by atoms with Crippen LogP contribution in [-0.2, 0) is 16.0 Å². The van der Waals surface area contributed by atoms with Crippen molar-refractivity contribution in [2.45, 2.75) is 64.8 Å². The van der Waals surface area contributed by atoms with Crippen molar-refractivity contribution in [2.24, 2.45) is 5.92 Å². The minimum Gasteiger partial charge on any atom is -0.356 e. The Hall–Kier alpha value is -2.77. The van der Waals surface area contributed by atoms with Crippen LogP contribution in [0.15, 0.2) is 28.8 Å². The molecule has 2 amide bonds. The lowest BCUT2D eigenvalue weighted by molar-refractivity contribution is -0.138. The molecule has 0 aliphatic carbocycles. The Morgan fingerprint density at radius 3 is 2.74 bits per heavy atom. The van der Waals surface area contributed by atoms with Crippen LogP contribution in [0.25, 0.3) is 11.4 Å². The minimum absolute atomic E-state index is 0.0526. The number of carbonyl (C=O) groups is 2. The minimum atomic E-state index is -0.321. The number of halogens is 1. The quantitative estimate of drug-likeness (QED) is 0.612. The van der Waals surface area contributed by atoms with Gasteiger partial charge in [-0.3, -0.25) is 9.59 Å². The van der Waals surface area contributed by atoms with Crippen LogP contribution in [0.2, 0.25) is 0 Å². The molecule has 2 atom stereocenters. The summed E-state index contributed by atoms with van der Waals surface area (Å²) in [5.41, 5.74) is 0.679. The highest BCUT2D eigenvalue weighted by atomic mass is 19.1. The van der Waals surface area contributed by atoms with Crippen LogP contribution in [-0.4, -0.2) is 46.0 Å². The Morgan fingerprint density at radius 1 is 1.23 bits per heavy atom. The van der Waals surface area contributed by atoms with Crippen LogP contribution in [0.3, 0.4) is 0 Å². The molecule has 1 aliphatic heterocycles. The third-order valence-corrected chi connectivity index (χ3v) is 5.75. The Balaban J connectivity index is 1.47. The van der Waals surface area contributed by atoms with Gasteiger partial charge in [-0.2, -0.15) is 4.98 Å². The monoisotopic (exact) mass is 430 g/mol. The van der Waals surface area contributed by atoms with Crippen LogP contribution < -0.4 is 5.32 Å². The molecule has 31 heavy (non-hydrogen) atoms. The molecule has 1 saturated heterocycles. The van der Waals surface area contributed by atoms with Crippen LogP contribution in [0.5, 0.6) is 0 Å². The maximum atomic E-state index is 13.0. The van der Waals surface area contributed by atoms with E-state index in [1.165, 1.54) is 12.1 Å². The number of benzene rings is 1. The molecule has 168 valence electrons. The molecule has 8 heteroatoms. The topological polar surface area (TPSA) is 88.3 Å². The van der Waals surface area contributed by atoms with Crippen molar-refractivity contribution in [2.75, 3.05) is 13.1 Å². The zero-order chi connectivity index (χ0) is 22.2. The van der Waals surface area contributed by atoms with E-state index >= 15 is 0 Å². The van der Waals surface area contributed by atoms with Gasteiger partial charge in [-0.05, 0) is 56.9 Å². The van der Waals surface area contributed by atoms with E-state index in [-0.39, 0.29) is 29.6 Å². The van der Waals surface area contributed by atoms with Crippen molar-refractivity contribution in [3.63, 3.8) is 0 Å². The average Bonchev–Trinajstić information content (AvgIpc) is 3.23. The summed E-state index contributed by atoms with van der Waals surface area (Å²) in [6, 6.07) is 6.03. The Labute approximate surface area is 182 Å². The van der Waals surface area contributed by atoms with Crippen LogP contribution in [0, 0.1) is 11.7 Å². The van der Waals surface area contributed by atoms with Crippen LogP contribution in [0.1, 0.15) is 58.3 Å².